The van der Waals surface area contributed by atoms with Gasteiger partial charge in [-0.15, -0.1) is 0 Å². The molecule has 2 aromatic carbocycles. The molecule has 10 heteroatoms. The normalized spacial score (nSPS) is 10.9. The van der Waals surface area contributed by atoms with E-state index in [2.05, 4.69) is 9.97 Å². The molecule has 1 amide bonds. The minimum Gasteiger partial charge on any atom is -0.444 e. The molecule has 0 atom stereocenters. The monoisotopic (exact) mass is 468 g/mol. The van der Waals surface area contributed by atoms with Crippen LogP contribution in [0.3, 0.4) is 0 Å². The Balaban J connectivity index is 1.84. The van der Waals surface area contributed by atoms with Gasteiger partial charge in [-0.25, -0.2) is 28.4 Å². The van der Waals surface area contributed by atoms with Gasteiger partial charge in [0.1, 0.15) is 29.6 Å². The van der Waals surface area contributed by atoms with E-state index in [4.69, 9.17) is 4.74 Å². The smallest absolute Gasteiger partial charge is 0.419 e. The van der Waals surface area contributed by atoms with Gasteiger partial charge in [0.15, 0.2) is 5.16 Å². The lowest BCUT2D eigenvalue weighted by Gasteiger charge is -2.23. The summed E-state index contributed by atoms with van der Waals surface area (Å²) in [6.07, 6.45) is 2.31. The first kappa shape index (κ1) is 22.4. The summed E-state index contributed by atoms with van der Waals surface area (Å²) in [6.45, 7) is -0.104. The predicted molar refractivity (Wildman–Crippen MR) is 122 cm³/mol. The van der Waals surface area contributed by atoms with Gasteiger partial charge in [0, 0.05) is 24.7 Å². The number of anilines is 2. The Hall–Kier alpha value is -3.79. The topological polar surface area (TPSA) is 77.3 Å². The van der Waals surface area contributed by atoms with Gasteiger partial charge in [0.05, 0.1) is 5.69 Å². The van der Waals surface area contributed by atoms with Gasteiger partial charge in [-0.2, -0.15) is 0 Å². The van der Waals surface area contributed by atoms with Crippen LogP contribution in [-0.4, -0.2) is 26.9 Å². The Bertz CT molecular complexity index is 1400. The number of carbonyl (C=O) groups excluding carboxylic acids is 1. The van der Waals surface area contributed by atoms with E-state index in [1.165, 1.54) is 35.6 Å². The minimum absolute atomic E-state index is 0.104. The van der Waals surface area contributed by atoms with E-state index < -0.39 is 23.3 Å². The molecular weight excluding hydrogens is 450 g/mol. The number of aryl methyl sites for hydroxylation is 1. The highest BCUT2D eigenvalue weighted by Crippen LogP contribution is 2.29. The molecule has 0 bridgehead atoms. The fourth-order valence-electron chi connectivity index (χ4n) is 3.25. The van der Waals surface area contributed by atoms with E-state index in [9.17, 15) is 18.4 Å². The molecule has 4 rings (SSSR count). The fraction of sp³-hybridized carbons (Fsp3) is 0.130. The highest BCUT2D eigenvalue weighted by Gasteiger charge is 2.27. The Morgan fingerprint density at radius 2 is 1.88 bits per heavy atom. The van der Waals surface area contributed by atoms with Crippen LogP contribution in [0.2, 0.25) is 0 Å². The van der Waals surface area contributed by atoms with Crippen molar-refractivity contribution in [1.82, 2.24) is 14.5 Å². The zero-order chi connectivity index (χ0) is 23.5. The molecular formula is C23H18F2N4O3S. The number of nitrogens with zero attached hydrogens (tertiary/aromatic N) is 4. The first-order chi connectivity index (χ1) is 15.9. The molecule has 2 aromatic heterocycles. The molecule has 0 aliphatic rings. The molecule has 4 aromatic rings. The van der Waals surface area contributed by atoms with E-state index in [0.29, 0.717) is 27.8 Å². The maximum Gasteiger partial charge on any atom is 0.419 e. The molecule has 0 spiro atoms. The maximum atomic E-state index is 14.7. The Morgan fingerprint density at radius 3 is 2.58 bits per heavy atom. The van der Waals surface area contributed by atoms with Gasteiger partial charge in [-0.1, -0.05) is 42.1 Å². The average molecular weight is 468 g/mol. The van der Waals surface area contributed by atoms with Crippen molar-refractivity contribution in [2.75, 3.05) is 11.2 Å². The van der Waals surface area contributed by atoms with Crippen LogP contribution in [0.25, 0.3) is 11.0 Å². The summed E-state index contributed by atoms with van der Waals surface area (Å²) in [7, 11) is 1.49. The zero-order valence-corrected chi connectivity index (χ0v) is 18.5. The maximum absolute atomic E-state index is 14.7. The number of pyridine rings is 1. The summed E-state index contributed by atoms with van der Waals surface area (Å²) < 4.78 is 34.9. The van der Waals surface area contributed by atoms with Crippen molar-refractivity contribution in [2.24, 2.45) is 7.05 Å². The Kier molecular flexibility index (Phi) is 6.36. The summed E-state index contributed by atoms with van der Waals surface area (Å²) >= 11 is 1.31. The molecule has 33 heavy (non-hydrogen) atoms. The second kappa shape index (κ2) is 9.37. The second-order valence-electron chi connectivity index (χ2n) is 7.00. The van der Waals surface area contributed by atoms with Crippen molar-refractivity contribution in [3.8, 4) is 0 Å². The lowest BCUT2D eigenvalue weighted by Crippen LogP contribution is -2.34. The SMILES string of the molecule is CSc1ncc2cc(N(C(=O)OCc3ccccc3)c3ccc(F)cc3F)c(=O)n(C)c2n1. The van der Waals surface area contributed by atoms with Gasteiger partial charge in [-0.3, -0.25) is 9.36 Å². The van der Waals surface area contributed by atoms with Crippen LogP contribution in [0.15, 0.2) is 70.7 Å². The zero-order valence-electron chi connectivity index (χ0n) is 17.7. The summed E-state index contributed by atoms with van der Waals surface area (Å²) in [5.74, 6) is -1.85. The number of hydrogen-bond acceptors (Lipinski definition) is 6. The predicted octanol–water partition coefficient (Wildman–Crippen LogP) is 4.80. The van der Waals surface area contributed by atoms with Crippen LogP contribution < -0.4 is 10.5 Å². The number of fused-ring (bicyclic) bond motifs is 1. The molecule has 0 fully saturated rings. The number of halogens is 2. The number of benzene rings is 2. The first-order valence-electron chi connectivity index (χ1n) is 9.75. The fourth-order valence-corrected chi connectivity index (χ4v) is 3.58. The van der Waals surface area contributed by atoms with E-state index in [0.717, 1.165) is 17.0 Å². The van der Waals surface area contributed by atoms with Crippen molar-refractivity contribution in [3.05, 3.63) is 88.3 Å². The third kappa shape index (κ3) is 4.56. The third-order valence-electron chi connectivity index (χ3n) is 4.87. The van der Waals surface area contributed by atoms with E-state index in [1.54, 1.807) is 30.5 Å². The van der Waals surface area contributed by atoms with Crippen molar-refractivity contribution in [2.45, 2.75) is 11.8 Å². The number of hydrogen-bond donors (Lipinski definition) is 0. The molecule has 0 aliphatic carbocycles. The first-order valence-corrected chi connectivity index (χ1v) is 11.0. The summed E-state index contributed by atoms with van der Waals surface area (Å²) in [5.41, 5.74) is -0.0784. The molecule has 2 heterocycles. The van der Waals surface area contributed by atoms with E-state index in [-0.39, 0.29) is 18.0 Å². The van der Waals surface area contributed by atoms with Crippen molar-refractivity contribution >= 4 is 40.3 Å². The van der Waals surface area contributed by atoms with Crippen molar-refractivity contribution in [3.63, 3.8) is 0 Å². The van der Waals surface area contributed by atoms with Gasteiger partial charge < -0.3 is 4.74 Å². The van der Waals surface area contributed by atoms with Crippen LogP contribution in [-0.2, 0) is 18.4 Å². The number of rotatable bonds is 5. The van der Waals surface area contributed by atoms with Crippen LogP contribution in [0.4, 0.5) is 25.0 Å². The number of ether oxygens (including phenoxy) is 1. The number of aromatic nitrogens is 3. The van der Waals surface area contributed by atoms with E-state index >= 15 is 0 Å². The molecule has 168 valence electrons. The summed E-state index contributed by atoms with van der Waals surface area (Å²) in [4.78, 5) is 35.6. The van der Waals surface area contributed by atoms with Crippen LogP contribution in [0.5, 0.6) is 0 Å². The van der Waals surface area contributed by atoms with Crippen molar-refractivity contribution < 1.29 is 18.3 Å². The van der Waals surface area contributed by atoms with Crippen molar-refractivity contribution in [1.29, 1.82) is 0 Å². The lowest BCUT2D eigenvalue weighted by atomic mass is 10.2. The molecule has 0 saturated heterocycles. The Morgan fingerprint density at radius 1 is 1.12 bits per heavy atom. The molecule has 0 unspecified atom stereocenters. The molecule has 0 radical (unpaired) electrons. The number of amides is 1. The third-order valence-corrected chi connectivity index (χ3v) is 5.43. The second-order valence-corrected chi connectivity index (χ2v) is 7.77. The number of carbonyl (C=O) groups is 1. The van der Waals surface area contributed by atoms with E-state index in [1.807, 2.05) is 6.07 Å². The quantitative estimate of drug-likeness (QED) is 0.309. The Labute approximate surface area is 191 Å². The average Bonchev–Trinajstić information content (AvgIpc) is 2.82. The highest BCUT2D eigenvalue weighted by molar-refractivity contribution is 7.98. The molecule has 0 N–H and O–H groups in total. The molecule has 7 nitrogen and oxygen atoms in total. The van der Waals surface area contributed by atoms with Gasteiger partial charge in [0.2, 0.25) is 0 Å². The molecule has 0 aliphatic heterocycles. The van der Waals surface area contributed by atoms with Gasteiger partial charge >= 0.3 is 6.09 Å². The summed E-state index contributed by atoms with van der Waals surface area (Å²) in [5, 5.41) is 0.919. The van der Waals surface area contributed by atoms with Gasteiger partial charge in [-0.05, 0) is 30.0 Å². The van der Waals surface area contributed by atoms with Crippen LogP contribution in [0, 0.1) is 11.6 Å². The standard InChI is InChI=1S/C23H18F2N4O3S/c1-28-20-15(12-26-22(27-20)33-2)10-19(21(28)30)29(18-9-8-16(24)11-17(18)25)23(31)32-13-14-6-4-3-5-7-14/h3-12H,13H2,1-2H3. The largest absolute Gasteiger partial charge is 0.444 e. The minimum atomic E-state index is -1.03. The van der Waals surface area contributed by atoms with Gasteiger partial charge in [0.25, 0.3) is 5.56 Å². The number of thioether (sulfide) groups is 1. The lowest BCUT2D eigenvalue weighted by molar-refractivity contribution is 0.149. The van der Waals surface area contributed by atoms with Crippen LogP contribution >= 0.6 is 11.8 Å². The molecule has 0 saturated carbocycles. The highest BCUT2D eigenvalue weighted by atomic mass is 32.2. The van der Waals surface area contributed by atoms with Crippen LogP contribution in [0.1, 0.15) is 5.56 Å². The summed E-state index contributed by atoms with van der Waals surface area (Å²) in [6, 6.07) is 13.0.